The Kier molecular flexibility index (Phi) is 3.91. The molecule has 1 aromatic heterocycles. The van der Waals surface area contributed by atoms with Gasteiger partial charge in [-0.2, -0.15) is 0 Å². The Morgan fingerprint density at radius 3 is 2.73 bits per heavy atom. The van der Waals surface area contributed by atoms with Crippen molar-refractivity contribution in [2.75, 3.05) is 6.61 Å². The molecule has 1 aromatic rings. The van der Waals surface area contributed by atoms with Gasteiger partial charge in [0.05, 0.1) is 12.3 Å². The highest BCUT2D eigenvalue weighted by Crippen LogP contribution is 2.14. The van der Waals surface area contributed by atoms with Gasteiger partial charge in [-0.3, -0.25) is 4.79 Å². The van der Waals surface area contributed by atoms with Gasteiger partial charge in [-0.15, -0.1) is 0 Å². The maximum absolute atomic E-state index is 11.5. The van der Waals surface area contributed by atoms with Crippen molar-refractivity contribution in [3.8, 4) is 0 Å². The molecule has 0 amide bonds. The molecule has 0 aliphatic carbocycles. The van der Waals surface area contributed by atoms with Crippen LogP contribution in [0, 0.1) is 5.41 Å². The van der Waals surface area contributed by atoms with Crippen molar-refractivity contribution in [1.29, 1.82) is 0 Å². The minimum absolute atomic E-state index is 0.0940. The molecular formula is C11H16N2O2. The van der Waals surface area contributed by atoms with Crippen LogP contribution in [0.15, 0.2) is 18.6 Å². The average Bonchev–Trinajstić information content (AvgIpc) is 2.18. The van der Waals surface area contributed by atoms with Gasteiger partial charge in [0.25, 0.3) is 0 Å². The number of nitrogens with zero attached hydrogens (tertiary/aromatic N) is 2. The van der Waals surface area contributed by atoms with Crippen LogP contribution in [0.4, 0.5) is 0 Å². The summed E-state index contributed by atoms with van der Waals surface area (Å²) in [6.45, 7) is 6.12. The molecule has 0 aliphatic heterocycles. The fourth-order valence-electron chi connectivity index (χ4n) is 0.868. The van der Waals surface area contributed by atoms with Crippen LogP contribution in [0.3, 0.4) is 0 Å². The van der Waals surface area contributed by atoms with Crippen molar-refractivity contribution in [3.05, 3.63) is 24.3 Å². The average molecular weight is 208 g/mol. The molecule has 4 heteroatoms. The minimum atomic E-state index is -0.342. The van der Waals surface area contributed by atoms with E-state index in [0.29, 0.717) is 6.61 Å². The predicted molar refractivity (Wildman–Crippen MR) is 56.2 cm³/mol. The molecule has 0 atom stereocenters. The number of rotatable bonds is 4. The lowest BCUT2D eigenvalue weighted by Crippen LogP contribution is -2.24. The first kappa shape index (κ1) is 11.8. The molecule has 0 saturated heterocycles. The van der Waals surface area contributed by atoms with Crippen molar-refractivity contribution in [2.45, 2.75) is 27.4 Å². The Labute approximate surface area is 89.7 Å². The van der Waals surface area contributed by atoms with Crippen molar-refractivity contribution in [3.63, 3.8) is 0 Å². The number of ketones is 1. The van der Waals surface area contributed by atoms with Crippen LogP contribution in [0.25, 0.3) is 0 Å². The first-order chi connectivity index (χ1) is 7.00. The van der Waals surface area contributed by atoms with E-state index in [9.17, 15) is 4.79 Å². The summed E-state index contributed by atoms with van der Waals surface area (Å²) < 4.78 is 5.27. The molecule has 0 spiro atoms. The molecule has 4 nitrogen and oxygen atoms in total. The third-order valence-corrected chi connectivity index (χ3v) is 1.96. The molecule has 1 heterocycles. The van der Waals surface area contributed by atoms with Gasteiger partial charge in [0.1, 0.15) is 12.9 Å². The van der Waals surface area contributed by atoms with Crippen LogP contribution in [0.5, 0.6) is 0 Å². The summed E-state index contributed by atoms with van der Waals surface area (Å²) in [5.74, 6) is 0.0940. The highest BCUT2D eigenvalue weighted by Gasteiger charge is 2.20. The number of carbonyl (C=O) groups excluding carboxylic acids is 1. The summed E-state index contributed by atoms with van der Waals surface area (Å²) in [7, 11) is 0. The molecule has 15 heavy (non-hydrogen) atoms. The summed E-state index contributed by atoms with van der Waals surface area (Å²) in [5.41, 5.74) is 0.442. The first-order valence-corrected chi connectivity index (χ1v) is 4.86. The van der Waals surface area contributed by atoms with E-state index in [1.54, 1.807) is 12.3 Å². The molecule has 0 unspecified atom stereocenters. The number of aromatic nitrogens is 2. The molecule has 0 N–H and O–H groups in total. The molecule has 0 aliphatic rings. The smallest absolute Gasteiger partial charge is 0.163 e. The van der Waals surface area contributed by atoms with Crippen molar-refractivity contribution in [2.24, 2.45) is 5.41 Å². The van der Waals surface area contributed by atoms with E-state index in [1.807, 2.05) is 20.8 Å². The highest BCUT2D eigenvalue weighted by atomic mass is 16.5. The van der Waals surface area contributed by atoms with Gasteiger partial charge in [-0.05, 0) is 6.07 Å². The van der Waals surface area contributed by atoms with Crippen LogP contribution >= 0.6 is 0 Å². The Bertz CT molecular complexity index is 317. The van der Waals surface area contributed by atoms with E-state index in [1.165, 1.54) is 6.33 Å². The lowest BCUT2D eigenvalue weighted by molar-refractivity contribution is -0.131. The van der Waals surface area contributed by atoms with Crippen LogP contribution in [0.2, 0.25) is 0 Å². The Morgan fingerprint density at radius 2 is 2.20 bits per heavy atom. The van der Waals surface area contributed by atoms with Gasteiger partial charge >= 0.3 is 0 Å². The van der Waals surface area contributed by atoms with Crippen molar-refractivity contribution < 1.29 is 9.53 Å². The maximum atomic E-state index is 11.5. The van der Waals surface area contributed by atoms with Gasteiger partial charge in [0, 0.05) is 11.6 Å². The predicted octanol–water partition coefficient (Wildman–Crippen LogP) is 1.61. The molecule has 0 bridgehead atoms. The second-order valence-electron chi connectivity index (χ2n) is 4.37. The molecule has 0 saturated carbocycles. The number of carbonyl (C=O) groups is 1. The van der Waals surface area contributed by atoms with Crippen LogP contribution in [-0.2, 0) is 16.1 Å². The number of hydrogen-bond donors (Lipinski definition) is 0. The van der Waals surface area contributed by atoms with E-state index < -0.39 is 0 Å². The molecule has 0 radical (unpaired) electrons. The first-order valence-electron chi connectivity index (χ1n) is 4.86. The summed E-state index contributed by atoms with van der Waals surface area (Å²) in [4.78, 5) is 19.3. The minimum Gasteiger partial charge on any atom is -0.367 e. The Hall–Kier alpha value is -1.29. The van der Waals surface area contributed by atoms with Crippen molar-refractivity contribution >= 4 is 5.78 Å². The SMILES string of the molecule is CC(C)(C)C(=O)COCc1ccncn1. The van der Waals surface area contributed by atoms with E-state index in [2.05, 4.69) is 9.97 Å². The normalized spacial score (nSPS) is 11.4. The van der Waals surface area contributed by atoms with Gasteiger partial charge in [0.2, 0.25) is 0 Å². The fraction of sp³-hybridized carbons (Fsp3) is 0.545. The van der Waals surface area contributed by atoms with E-state index >= 15 is 0 Å². The van der Waals surface area contributed by atoms with Crippen molar-refractivity contribution in [1.82, 2.24) is 9.97 Å². The summed E-state index contributed by atoms with van der Waals surface area (Å²) in [5, 5.41) is 0. The lowest BCUT2D eigenvalue weighted by Gasteiger charge is -2.16. The largest absolute Gasteiger partial charge is 0.367 e. The molecule has 82 valence electrons. The molecule has 0 fully saturated rings. The van der Waals surface area contributed by atoms with Gasteiger partial charge < -0.3 is 4.74 Å². The van der Waals surface area contributed by atoms with Gasteiger partial charge in [0.15, 0.2) is 5.78 Å². The molecule has 1 rings (SSSR count). The van der Waals surface area contributed by atoms with Crippen LogP contribution < -0.4 is 0 Å². The molecular weight excluding hydrogens is 192 g/mol. The fourth-order valence-corrected chi connectivity index (χ4v) is 0.868. The third-order valence-electron chi connectivity index (χ3n) is 1.96. The monoisotopic (exact) mass is 208 g/mol. The maximum Gasteiger partial charge on any atom is 0.163 e. The second-order valence-corrected chi connectivity index (χ2v) is 4.37. The Balaban J connectivity index is 2.32. The van der Waals surface area contributed by atoms with Gasteiger partial charge in [-0.1, -0.05) is 20.8 Å². The zero-order valence-corrected chi connectivity index (χ0v) is 9.36. The summed E-state index contributed by atoms with van der Waals surface area (Å²) in [6.07, 6.45) is 3.11. The van der Waals surface area contributed by atoms with E-state index in [4.69, 9.17) is 4.74 Å². The highest BCUT2D eigenvalue weighted by molar-refractivity contribution is 5.84. The van der Waals surface area contributed by atoms with E-state index in [0.717, 1.165) is 5.69 Å². The summed E-state index contributed by atoms with van der Waals surface area (Å²) in [6, 6.07) is 1.77. The quantitative estimate of drug-likeness (QED) is 0.754. The van der Waals surface area contributed by atoms with Crippen LogP contribution in [0.1, 0.15) is 26.5 Å². The van der Waals surface area contributed by atoms with Gasteiger partial charge in [-0.25, -0.2) is 9.97 Å². The number of ether oxygens (including phenoxy) is 1. The number of hydrogen-bond acceptors (Lipinski definition) is 4. The van der Waals surface area contributed by atoms with E-state index in [-0.39, 0.29) is 17.8 Å². The zero-order chi connectivity index (χ0) is 11.3. The topological polar surface area (TPSA) is 52.1 Å². The number of Topliss-reactive ketones (excluding diaryl/α,β-unsaturated/α-hetero) is 1. The zero-order valence-electron chi connectivity index (χ0n) is 9.36. The standard InChI is InChI=1S/C11H16N2O2/c1-11(2,3)10(14)7-15-6-9-4-5-12-8-13-9/h4-5,8H,6-7H2,1-3H3. The Morgan fingerprint density at radius 1 is 1.47 bits per heavy atom. The second kappa shape index (κ2) is 4.98. The lowest BCUT2D eigenvalue weighted by atomic mass is 9.91. The third kappa shape index (κ3) is 4.16. The molecule has 0 aromatic carbocycles. The van der Waals surface area contributed by atoms with Crippen LogP contribution in [-0.4, -0.2) is 22.4 Å². The summed E-state index contributed by atoms with van der Waals surface area (Å²) >= 11 is 0.